The van der Waals surface area contributed by atoms with Crippen molar-refractivity contribution < 1.29 is 14.4 Å². The summed E-state index contributed by atoms with van der Waals surface area (Å²) in [4.78, 5) is 27.8. The van der Waals surface area contributed by atoms with Crippen LogP contribution in [-0.2, 0) is 4.84 Å². The zero-order valence-corrected chi connectivity index (χ0v) is 7.27. The van der Waals surface area contributed by atoms with Crippen molar-refractivity contribution in [2.75, 3.05) is 0 Å². The summed E-state index contributed by atoms with van der Waals surface area (Å²) >= 11 is 0. The minimum absolute atomic E-state index is 0.361. The Labute approximate surface area is 80.3 Å². The van der Waals surface area contributed by atoms with Crippen molar-refractivity contribution in [1.29, 1.82) is 0 Å². The Morgan fingerprint density at radius 1 is 1.14 bits per heavy atom. The van der Waals surface area contributed by atoms with Crippen LogP contribution in [0.25, 0.3) is 0 Å². The molecule has 1 aliphatic rings. The SMILES string of the molecule is C=CON1C(=O)c2ccccc2C1=O. The number of fused-ring (bicyclic) bond motifs is 1. The van der Waals surface area contributed by atoms with E-state index in [-0.39, 0.29) is 0 Å². The highest BCUT2D eigenvalue weighted by Crippen LogP contribution is 2.22. The number of imide groups is 1. The molecule has 14 heavy (non-hydrogen) atoms. The summed E-state index contributed by atoms with van der Waals surface area (Å²) in [5.74, 6) is -0.906. The van der Waals surface area contributed by atoms with Crippen LogP contribution >= 0.6 is 0 Å². The van der Waals surface area contributed by atoms with Gasteiger partial charge in [0.2, 0.25) is 0 Å². The molecule has 0 atom stereocenters. The molecule has 0 bridgehead atoms. The maximum Gasteiger partial charge on any atom is 0.295 e. The number of hydroxylamine groups is 2. The van der Waals surface area contributed by atoms with Gasteiger partial charge in [0.15, 0.2) is 0 Å². The second-order valence-corrected chi connectivity index (χ2v) is 2.72. The van der Waals surface area contributed by atoms with E-state index >= 15 is 0 Å². The van der Waals surface area contributed by atoms with Gasteiger partial charge in [-0.15, -0.1) is 0 Å². The van der Waals surface area contributed by atoms with E-state index in [1.807, 2.05) is 0 Å². The van der Waals surface area contributed by atoms with Crippen LogP contribution < -0.4 is 0 Å². The molecule has 4 heteroatoms. The van der Waals surface area contributed by atoms with Crippen LogP contribution in [0.1, 0.15) is 20.7 Å². The molecule has 0 unspecified atom stereocenters. The van der Waals surface area contributed by atoms with E-state index < -0.39 is 11.8 Å². The third kappa shape index (κ3) is 1.01. The van der Waals surface area contributed by atoms with Crippen LogP contribution in [-0.4, -0.2) is 16.9 Å². The summed E-state index contributed by atoms with van der Waals surface area (Å²) in [5.41, 5.74) is 0.721. The molecule has 1 aromatic rings. The number of carbonyl (C=O) groups excluding carboxylic acids is 2. The lowest BCUT2D eigenvalue weighted by Gasteiger charge is -2.09. The highest BCUT2D eigenvalue weighted by molar-refractivity contribution is 6.20. The summed E-state index contributed by atoms with van der Waals surface area (Å²) in [6.45, 7) is 3.29. The predicted octanol–water partition coefficient (Wildman–Crippen LogP) is 1.36. The first-order chi connectivity index (χ1) is 6.75. The largest absolute Gasteiger partial charge is 0.377 e. The van der Waals surface area contributed by atoms with Gasteiger partial charge in [-0.3, -0.25) is 9.59 Å². The van der Waals surface area contributed by atoms with Gasteiger partial charge in [-0.05, 0) is 12.1 Å². The summed E-state index contributed by atoms with van der Waals surface area (Å²) in [5, 5.41) is 0.692. The Morgan fingerprint density at radius 3 is 2.07 bits per heavy atom. The van der Waals surface area contributed by atoms with Crippen molar-refractivity contribution in [3.05, 3.63) is 48.2 Å². The van der Waals surface area contributed by atoms with Gasteiger partial charge in [0.25, 0.3) is 11.8 Å². The minimum atomic E-state index is -0.453. The van der Waals surface area contributed by atoms with E-state index in [2.05, 4.69) is 6.58 Å². The van der Waals surface area contributed by atoms with Gasteiger partial charge < -0.3 is 4.84 Å². The van der Waals surface area contributed by atoms with Crippen LogP contribution in [0.4, 0.5) is 0 Å². The summed E-state index contributed by atoms with van der Waals surface area (Å²) in [7, 11) is 0. The van der Waals surface area contributed by atoms with Crippen molar-refractivity contribution in [2.24, 2.45) is 0 Å². The van der Waals surface area contributed by atoms with Crippen molar-refractivity contribution in [3.8, 4) is 0 Å². The first-order valence-corrected chi connectivity index (χ1v) is 4.01. The van der Waals surface area contributed by atoms with Crippen LogP contribution in [0.2, 0.25) is 0 Å². The van der Waals surface area contributed by atoms with Crippen LogP contribution in [0.5, 0.6) is 0 Å². The number of carbonyl (C=O) groups is 2. The Morgan fingerprint density at radius 2 is 1.64 bits per heavy atom. The molecule has 0 N–H and O–H groups in total. The molecule has 70 valence electrons. The van der Waals surface area contributed by atoms with E-state index in [0.29, 0.717) is 16.2 Å². The van der Waals surface area contributed by atoms with E-state index in [4.69, 9.17) is 4.84 Å². The minimum Gasteiger partial charge on any atom is -0.377 e. The molecule has 2 amide bonds. The van der Waals surface area contributed by atoms with Gasteiger partial charge in [0, 0.05) is 0 Å². The molecule has 0 saturated heterocycles. The van der Waals surface area contributed by atoms with Crippen molar-refractivity contribution in [3.63, 3.8) is 0 Å². The maximum absolute atomic E-state index is 11.5. The fourth-order valence-electron chi connectivity index (χ4n) is 1.34. The number of nitrogens with zero attached hydrogens (tertiary/aromatic N) is 1. The van der Waals surface area contributed by atoms with Gasteiger partial charge in [0.05, 0.1) is 11.1 Å². The lowest BCUT2D eigenvalue weighted by atomic mass is 10.1. The number of hydrogen-bond acceptors (Lipinski definition) is 3. The van der Waals surface area contributed by atoms with Crippen LogP contribution in [0.3, 0.4) is 0 Å². The van der Waals surface area contributed by atoms with Gasteiger partial charge >= 0.3 is 0 Å². The number of benzene rings is 1. The smallest absolute Gasteiger partial charge is 0.295 e. The van der Waals surface area contributed by atoms with Gasteiger partial charge in [-0.2, -0.15) is 0 Å². The van der Waals surface area contributed by atoms with Crippen molar-refractivity contribution in [2.45, 2.75) is 0 Å². The lowest BCUT2D eigenvalue weighted by molar-refractivity contribution is -0.0423. The van der Waals surface area contributed by atoms with E-state index in [0.717, 1.165) is 6.26 Å². The fraction of sp³-hybridized carbons (Fsp3) is 0. The Hall–Kier alpha value is -2.10. The standard InChI is InChI=1S/C10H7NO3/c1-2-14-11-9(12)7-5-3-4-6-8(7)10(11)13/h2-6H,1H2. The van der Waals surface area contributed by atoms with Crippen molar-refractivity contribution >= 4 is 11.8 Å². The van der Waals surface area contributed by atoms with Gasteiger partial charge in [-0.1, -0.05) is 23.8 Å². The normalized spacial score (nSPS) is 14.1. The maximum atomic E-state index is 11.5. The number of rotatable bonds is 2. The molecule has 1 heterocycles. The summed E-state index contributed by atoms with van der Waals surface area (Å²) < 4.78 is 0. The monoisotopic (exact) mass is 189 g/mol. The molecular formula is C10H7NO3. The van der Waals surface area contributed by atoms with Crippen LogP contribution in [0, 0.1) is 0 Å². The molecule has 0 spiro atoms. The Balaban J connectivity index is 2.48. The van der Waals surface area contributed by atoms with Crippen molar-refractivity contribution in [1.82, 2.24) is 5.06 Å². The number of amides is 2. The molecule has 2 rings (SSSR count). The zero-order valence-electron chi connectivity index (χ0n) is 7.27. The predicted molar refractivity (Wildman–Crippen MR) is 48.2 cm³/mol. The first-order valence-electron chi connectivity index (χ1n) is 4.01. The van der Waals surface area contributed by atoms with E-state index in [9.17, 15) is 9.59 Å². The summed E-state index contributed by atoms with van der Waals surface area (Å²) in [6, 6.07) is 6.56. The molecule has 0 radical (unpaired) electrons. The van der Waals surface area contributed by atoms with Gasteiger partial charge in [0.1, 0.15) is 6.26 Å². The Bertz CT molecular complexity index is 390. The molecular weight excluding hydrogens is 182 g/mol. The molecule has 0 aromatic heterocycles. The molecule has 1 aliphatic heterocycles. The van der Waals surface area contributed by atoms with Crippen LogP contribution in [0.15, 0.2) is 37.1 Å². The third-order valence-electron chi connectivity index (χ3n) is 1.94. The highest BCUT2D eigenvalue weighted by atomic mass is 16.7. The molecule has 0 saturated carbocycles. The molecule has 4 nitrogen and oxygen atoms in total. The Kier molecular flexibility index (Phi) is 1.81. The third-order valence-corrected chi connectivity index (χ3v) is 1.94. The van der Waals surface area contributed by atoms with E-state index in [1.54, 1.807) is 24.3 Å². The van der Waals surface area contributed by atoms with E-state index in [1.165, 1.54) is 0 Å². The number of hydrogen-bond donors (Lipinski definition) is 0. The quantitative estimate of drug-likeness (QED) is 0.521. The summed E-state index contributed by atoms with van der Waals surface area (Å²) in [6.07, 6.45) is 1.04. The fourth-order valence-corrected chi connectivity index (χ4v) is 1.34. The molecule has 1 aromatic carbocycles. The second-order valence-electron chi connectivity index (χ2n) is 2.72. The lowest BCUT2D eigenvalue weighted by Crippen LogP contribution is -2.27. The molecule has 0 fully saturated rings. The topological polar surface area (TPSA) is 46.6 Å². The zero-order chi connectivity index (χ0) is 10.1. The average molecular weight is 189 g/mol. The average Bonchev–Trinajstić information content (AvgIpc) is 2.45. The molecule has 0 aliphatic carbocycles. The second kappa shape index (κ2) is 2.99. The van der Waals surface area contributed by atoms with Gasteiger partial charge in [-0.25, -0.2) is 0 Å². The first kappa shape index (κ1) is 8.50. The highest BCUT2D eigenvalue weighted by Gasteiger charge is 2.36.